The van der Waals surface area contributed by atoms with E-state index in [-0.39, 0.29) is 18.8 Å². The zero-order valence-electron chi connectivity index (χ0n) is 7.56. The predicted octanol–water partition coefficient (Wildman–Crippen LogP) is 2.44. The minimum absolute atomic E-state index is 0.0598. The lowest BCUT2D eigenvalue weighted by Gasteiger charge is -2.35. The molecule has 0 amide bonds. The Bertz CT molecular complexity index is 157. The van der Waals surface area contributed by atoms with Crippen molar-refractivity contribution in [3.8, 4) is 0 Å². The van der Waals surface area contributed by atoms with Crippen LogP contribution in [0.4, 0.5) is 8.78 Å². The lowest BCUT2D eigenvalue weighted by Crippen LogP contribution is -2.38. The molecule has 0 aromatic rings. The van der Waals surface area contributed by atoms with Crippen molar-refractivity contribution in [3.63, 3.8) is 0 Å². The van der Waals surface area contributed by atoms with Gasteiger partial charge in [0.15, 0.2) is 0 Å². The van der Waals surface area contributed by atoms with Gasteiger partial charge in [-0.3, -0.25) is 0 Å². The number of halogens is 2. The van der Waals surface area contributed by atoms with E-state index in [4.69, 9.17) is 0 Å². The molecule has 0 aromatic carbocycles. The lowest BCUT2D eigenvalue weighted by atomic mass is 9.78. The van der Waals surface area contributed by atoms with Crippen LogP contribution in [0.15, 0.2) is 0 Å². The van der Waals surface area contributed by atoms with Crippen molar-refractivity contribution in [3.05, 3.63) is 0 Å². The molecule has 0 aliphatic heterocycles. The topological polar surface area (TPSA) is 20.2 Å². The predicted molar refractivity (Wildman–Crippen MR) is 43.1 cm³/mol. The van der Waals surface area contributed by atoms with E-state index >= 15 is 0 Å². The third kappa shape index (κ3) is 2.16. The van der Waals surface area contributed by atoms with Crippen molar-refractivity contribution in [2.75, 3.05) is 0 Å². The molecule has 0 radical (unpaired) electrons. The molecule has 2 atom stereocenters. The number of alkyl halides is 2. The van der Waals surface area contributed by atoms with Crippen molar-refractivity contribution < 1.29 is 13.9 Å². The van der Waals surface area contributed by atoms with Crippen LogP contribution in [-0.2, 0) is 0 Å². The third-order valence-electron chi connectivity index (χ3n) is 2.70. The first kappa shape index (κ1) is 9.90. The maximum Gasteiger partial charge on any atom is 0.250 e. The molecule has 1 aliphatic carbocycles. The highest BCUT2D eigenvalue weighted by Gasteiger charge is 2.41. The Kier molecular flexibility index (Phi) is 2.71. The fourth-order valence-corrected chi connectivity index (χ4v) is 1.91. The van der Waals surface area contributed by atoms with Crippen LogP contribution in [0.5, 0.6) is 0 Å². The second kappa shape index (κ2) is 3.29. The Morgan fingerprint density at radius 3 is 2.42 bits per heavy atom. The molecule has 1 fully saturated rings. The summed E-state index contributed by atoms with van der Waals surface area (Å²) in [5, 5.41) is 9.39. The maximum atomic E-state index is 12.7. The van der Waals surface area contributed by atoms with Gasteiger partial charge in [0.1, 0.15) is 0 Å². The van der Waals surface area contributed by atoms with E-state index < -0.39 is 12.0 Å². The summed E-state index contributed by atoms with van der Waals surface area (Å²) in [5.74, 6) is -2.27. The van der Waals surface area contributed by atoms with Gasteiger partial charge in [0, 0.05) is 12.8 Å². The van der Waals surface area contributed by atoms with Gasteiger partial charge in [0.05, 0.1) is 6.10 Å². The highest BCUT2D eigenvalue weighted by Crippen LogP contribution is 2.39. The van der Waals surface area contributed by atoms with Gasteiger partial charge < -0.3 is 5.11 Å². The van der Waals surface area contributed by atoms with Crippen molar-refractivity contribution in [1.82, 2.24) is 0 Å². The third-order valence-corrected chi connectivity index (χ3v) is 2.70. The highest BCUT2D eigenvalue weighted by molar-refractivity contribution is 4.85. The molecule has 1 rings (SSSR count). The van der Waals surface area contributed by atoms with Crippen molar-refractivity contribution in [2.24, 2.45) is 11.8 Å². The molecule has 12 heavy (non-hydrogen) atoms. The van der Waals surface area contributed by atoms with Gasteiger partial charge in [-0.25, -0.2) is 8.78 Å². The van der Waals surface area contributed by atoms with Crippen LogP contribution in [0, 0.1) is 11.8 Å². The zero-order valence-corrected chi connectivity index (χ0v) is 7.56. The van der Waals surface area contributed by atoms with Gasteiger partial charge in [-0.2, -0.15) is 0 Å². The molecule has 0 heterocycles. The summed E-state index contributed by atoms with van der Waals surface area (Å²) >= 11 is 0. The molecule has 1 nitrogen and oxygen atoms in total. The maximum absolute atomic E-state index is 12.7. The van der Waals surface area contributed by atoms with E-state index in [0.717, 1.165) is 0 Å². The highest BCUT2D eigenvalue weighted by atomic mass is 19.3. The van der Waals surface area contributed by atoms with E-state index in [9.17, 15) is 13.9 Å². The van der Waals surface area contributed by atoms with Crippen LogP contribution in [-0.4, -0.2) is 17.1 Å². The van der Waals surface area contributed by atoms with E-state index in [0.29, 0.717) is 12.3 Å². The van der Waals surface area contributed by atoms with Gasteiger partial charge >= 0.3 is 0 Å². The fraction of sp³-hybridized carbons (Fsp3) is 1.00. The van der Waals surface area contributed by atoms with Crippen LogP contribution in [0.2, 0.25) is 0 Å². The molecular formula is C9H16F2O. The second-order valence-electron chi connectivity index (χ2n) is 4.07. The lowest BCUT2D eigenvalue weighted by molar-refractivity contribution is -0.105. The van der Waals surface area contributed by atoms with Crippen LogP contribution in [0.25, 0.3) is 0 Å². The minimum Gasteiger partial charge on any atom is -0.393 e. The Hall–Kier alpha value is -0.180. The molecule has 0 bridgehead atoms. The van der Waals surface area contributed by atoms with E-state index in [1.54, 1.807) is 0 Å². The number of hydrogen-bond acceptors (Lipinski definition) is 1. The molecule has 1 saturated carbocycles. The van der Waals surface area contributed by atoms with Crippen LogP contribution < -0.4 is 0 Å². The molecule has 72 valence electrons. The Morgan fingerprint density at radius 1 is 1.42 bits per heavy atom. The number of hydrogen-bond donors (Lipinski definition) is 1. The standard InChI is InChI=1S/C9H16F2O/c1-6(2)7-3-4-9(10,11)5-8(7)12/h6-8,12H,3-5H2,1-2H3. The number of aliphatic hydroxyl groups excluding tert-OH is 1. The number of rotatable bonds is 1. The van der Waals surface area contributed by atoms with Gasteiger partial charge in [0.2, 0.25) is 0 Å². The van der Waals surface area contributed by atoms with E-state index in [1.807, 2.05) is 13.8 Å². The number of aliphatic hydroxyl groups is 1. The fourth-order valence-electron chi connectivity index (χ4n) is 1.91. The van der Waals surface area contributed by atoms with Crippen LogP contribution in [0.1, 0.15) is 33.1 Å². The average Bonchev–Trinajstić information content (AvgIpc) is 1.83. The van der Waals surface area contributed by atoms with Gasteiger partial charge in [0.25, 0.3) is 5.92 Å². The zero-order chi connectivity index (χ0) is 9.35. The van der Waals surface area contributed by atoms with Crippen molar-refractivity contribution in [1.29, 1.82) is 0 Å². The van der Waals surface area contributed by atoms with E-state index in [2.05, 4.69) is 0 Å². The molecule has 1 aliphatic rings. The minimum atomic E-state index is -2.63. The smallest absolute Gasteiger partial charge is 0.250 e. The second-order valence-corrected chi connectivity index (χ2v) is 4.07. The summed E-state index contributed by atoms with van der Waals surface area (Å²) in [6.45, 7) is 3.94. The van der Waals surface area contributed by atoms with Crippen molar-refractivity contribution in [2.45, 2.75) is 45.1 Å². The summed E-state index contributed by atoms with van der Waals surface area (Å²) in [4.78, 5) is 0. The Balaban J connectivity index is 2.54. The quantitative estimate of drug-likeness (QED) is 0.653. The normalized spacial score (nSPS) is 35.5. The molecule has 0 aromatic heterocycles. The van der Waals surface area contributed by atoms with Crippen molar-refractivity contribution >= 4 is 0 Å². The molecule has 1 N–H and O–H groups in total. The molecular weight excluding hydrogens is 162 g/mol. The summed E-state index contributed by atoms with van der Waals surface area (Å²) in [6.07, 6.45) is -0.775. The summed E-state index contributed by atoms with van der Waals surface area (Å²) in [5.41, 5.74) is 0. The van der Waals surface area contributed by atoms with Crippen LogP contribution >= 0.6 is 0 Å². The van der Waals surface area contributed by atoms with Gasteiger partial charge in [-0.15, -0.1) is 0 Å². The monoisotopic (exact) mass is 178 g/mol. The van der Waals surface area contributed by atoms with Gasteiger partial charge in [-0.1, -0.05) is 13.8 Å². The summed E-state index contributed by atoms with van der Waals surface area (Å²) < 4.78 is 25.5. The van der Waals surface area contributed by atoms with Gasteiger partial charge in [-0.05, 0) is 18.3 Å². The van der Waals surface area contributed by atoms with E-state index in [1.165, 1.54) is 0 Å². The SMILES string of the molecule is CC(C)C1CCC(F)(F)CC1O. The summed E-state index contributed by atoms with van der Waals surface area (Å²) in [6, 6.07) is 0. The first-order chi connectivity index (χ1) is 5.42. The average molecular weight is 178 g/mol. The first-order valence-electron chi connectivity index (χ1n) is 4.48. The van der Waals surface area contributed by atoms with Crippen LogP contribution in [0.3, 0.4) is 0 Å². The molecule has 0 saturated heterocycles. The molecule has 2 unspecified atom stereocenters. The molecule has 3 heteroatoms. The largest absolute Gasteiger partial charge is 0.393 e. The Labute approximate surface area is 71.8 Å². The molecule has 0 spiro atoms. The summed E-state index contributed by atoms with van der Waals surface area (Å²) in [7, 11) is 0. The Morgan fingerprint density at radius 2 is 2.00 bits per heavy atom. The first-order valence-corrected chi connectivity index (χ1v) is 4.48.